The molecule has 0 fully saturated rings. The number of rotatable bonds is 13. The average molecular weight is 454 g/mol. The quantitative estimate of drug-likeness (QED) is 0.345. The van der Waals surface area contributed by atoms with Gasteiger partial charge in [-0.3, -0.25) is 4.79 Å². The number of hydrogen-bond donors (Lipinski definition) is 3. The van der Waals surface area contributed by atoms with Gasteiger partial charge in [0.1, 0.15) is 6.61 Å². The molecule has 178 valence electrons. The van der Waals surface area contributed by atoms with E-state index in [1.807, 2.05) is 44.2 Å². The highest BCUT2D eigenvalue weighted by Gasteiger charge is 2.16. The van der Waals surface area contributed by atoms with E-state index >= 15 is 0 Å². The highest BCUT2D eigenvalue weighted by atomic mass is 16.5. The summed E-state index contributed by atoms with van der Waals surface area (Å²) in [5.41, 5.74) is 9.20. The third-order valence-corrected chi connectivity index (χ3v) is 5.61. The second kappa shape index (κ2) is 11.7. The molecule has 1 atom stereocenters. The number of para-hydroxylation sites is 2. The molecular formula is C26H35N3O4. The monoisotopic (exact) mass is 453 g/mol. The fourth-order valence-corrected chi connectivity index (χ4v) is 4.17. The van der Waals surface area contributed by atoms with E-state index in [0.717, 1.165) is 40.1 Å². The lowest BCUT2D eigenvalue weighted by molar-refractivity contribution is 0.100. The largest absolute Gasteiger partial charge is 0.490 e. The van der Waals surface area contributed by atoms with Gasteiger partial charge in [0.2, 0.25) is 0 Å². The first-order valence-corrected chi connectivity index (χ1v) is 11.6. The molecule has 0 unspecified atom stereocenters. The number of carbonyl (C=O) groups excluding carboxylic acids is 1. The molecule has 0 aliphatic carbocycles. The molecule has 1 heterocycles. The number of amides is 1. The molecule has 7 nitrogen and oxygen atoms in total. The topological polar surface area (TPSA) is 98.7 Å². The van der Waals surface area contributed by atoms with Crippen LogP contribution in [0.4, 0.5) is 0 Å². The number of nitrogens with one attached hydrogen (secondary N) is 1. The summed E-state index contributed by atoms with van der Waals surface area (Å²) in [7, 11) is 0. The average Bonchev–Trinajstić information content (AvgIpc) is 3.10. The number of ether oxygens (including phenoxy) is 2. The lowest BCUT2D eigenvalue weighted by Gasteiger charge is -2.16. The lowest BCUT2D eigenvalue weighted by atomic mass is 10.0. The van der Waals surface area contributed by atoms with Crippen molar-refractivity contribution in [2.75, 3.05) is 26.4 Å². The number of carbonyl (C=O) groups is 1. The Morgan fingerprint density at radius 1 is 1.18 bits per heavy atom. The standard InChI is InChI=1S/C26H35N3O4/c1-4-32-23-8-5-6-9-24(23)33-13-10-28-18(2)14-20-16-21-15-19(3)29(11-7-12-30)25(21)22(17-20)26(27)31/h5-6,8-9,15-18,28,30H,4,7,10-14H2,1-3H3,(H2,27,31)/t18-/m1/s1. The zero-order valence-electron chi connectivity index (χ0n) is 19.8. The summed E-state index contributed by atoms with van der Waals surface area (Å²) < 4.78 is 13.5. The Labute approximate surface area is 195 Å². The second-order valence-electron chi connectivity index (χ2n) is 8.25. The van der Waals surface area contributed by atoms with Crippen LogP contribution in [0.3, 0.4) is 0 Å². The summed E-state index contributed by atoms with van der Waals surface area (Å²) in [4.78, 5) is 12.2. The highest BCUT2D eigenvalue weighted by molar-refractivity contribution is 6.05. The van der Waals surface area contributed by atoms with E-state index in [1.54, 1.807) is 0 Å². The third-order valence-electron chi connectivity index (χ3n) is 5.61. The fraction of sp³-hybridized carbons (Fsp3) is 0.423. The number of benzene rings is 2. The molecule has 3 aromatic rings. The maximum atomic E-state index is 12.2. The fourth-order valence-electron chi connectivity index (χ4n) is 4.17. The van der Waals surface area contributed by atoms with E-state index in [0.29, 0.717) is 38.3 Å². The van der Waals surface area contributed by atoms with Gasteiger partial charge in [-0.15, -0.1) is 0 Å². The highest BCUT2D eigenvalue weighted by Crippen LogP contribution is 2.27. The normalized spacial score (nSPS) is 12.1. The van der Waals surface area contributed by atoms with Gasteiger partial charge in [-0.2, -0.15) is 0 Å². The van der Waals surface area contributed by atoms with E-state index in [1.165, 1.54) is 0 Å². The van der Waals surface area contributed by atoms with Gasteiger partial charge in [-0.05, 0) is 69.5 Å². The molecule has 1 aromatic heterocycles. The summed E-state index contributed by atoms with van der Waals surface area (Å²) in [6.45, 7) is 8.62. The zero-order valence-corrected chi connectivity index (χ0v) is 19.8. The molecule has 7 heteroatoms. The maximum Gasteiger partial charge on any atom is 0.250 e. The van der Waals surface area contributed by atoms with Crippen LogP contribution in [0.5, 0.6) is 11.5 Å². The molecule has 0 saturated heterocycles. The molecule has 0 spiro atoms. The molecule has 33 heavy (non-hydrogen) atoms. The Balaban J connectivity index is 1.64. The number of aliphatic hydroxyl groups is 1. The summed E-state index contributed by atoms with van der Waals surface area (Å²) in [6.07, 6.45) is 1.38. The van der Waals surface area contributed by atoms with Crippen LogP contribution in [0.1, 0.15) is 41.9 Å². The van der Waals surface area contributed by atoms with E-state index < -0.39 is 5.91 Å². The summed E-state index contributed by atoms with van der Waals surface area (Å²) >= 11 is 0. The predicted molar refractivity (Wildman–Crippen MR) is 131 cm³/mol. The van der Waals surface area contributed by atoms with Gasteiger partial charge in [-0.25, -0.2) is 0 Å². The molecule has 1 amide bonds. The minimum atomic E-state index is -0.438. The number of primary amides is 1. The first-order valence-electron chi connectivity index (χ1n) is 11.6. The number of hydrogen-bond acceptors (Lipinski definition) is 5. The van der Waals surface area contributed by atoms with Gasteiger partial charge in [0.05, 0.1) is 17.7 Å². The summed E-state index contributed by atoms with van der Waals surface area (Å²) in [6, 6.07) is 13.9. The Morgan fingerprint density at radius 2 is 1.91 bits per heavy atom. The first kappa shape index (κ1) is 24.6. The van der Waals surface area contributed by atoms with Crippen LogP contribution >= 0.6 is 0 Å². The van der Waals surface area contributed by atoms with Gasteiger partial charge in [0, 0.05) is 36.8 Å². The van der Waals surface area contributed by atoms with E-state index in [9.17, 15) is 9.90 Å². The Morgan fingerprint density at radius 3 is 2.58 bits per heavy atom. The number of aliphatic hydroxyl groups excluding tert-OH is 1. The lowest BCUT2D eigenvalue weighted by Crippen LogP contribution is -2.32. The van der Waals surface area contributed by atoms with Crippen LogP contribution in [-0.4, -0.2) is 48.0 Å². The van der Waals surface area contributed by atoms with Gasteiger partial charge >= 0.3 is 0 Å². The Hall–Kier alpha value is -3.03. The van der Waals surface area contributed by atoms with Crippen LogP contribution in [0.2, 0.25) is 0 Å². The number of aromatic nitrogens is 1. The van der Waals surface area contributed by atoms with E-state index in [-0.39, 0.29) is 12.6 Å². The van der Waals surface area contributed by atoms with Crippen molar-refractivity contribution in [2.45, 2.75) is 46.2 Å². The third kappa shape index (κ3) is 6.27. The molecular weight excluding hydrogens is 418 g/mol. The first-order chi connectivity index (χ1) is 15.9. The van der Waals surface area contributed by atoms with Gasteiger partial charge in [0.25, 0.3) is 5.91 Å². The molecule has 0 radical (unpaired) electrons. The van der Waals surface area contributed by atoms with Crippen molar-refractivity contribution in [3.8, 4) is 11.5 Å². The van der Waals surface area contributed by atoms with E-state index in [2.05, 4.69) is 28.9 Å². The molecule has 0 aliphatic rings. The number of fused-ring (bicyclic) bond motifs is 1. The summed E-state index contributed by atoms with van der Waals surface area (Å²) in [5.74, 6) is 1.06. The van der Waals surface area contributed by atoms with Crippen LogP contribution in [0.25, 0.3) is 10.9 Å². The van der Waals surface area contributed by atoms with Gasteiger partial charge in [0.15, 0.2) is 11.5 Å². The molecule has 0 bridgehead atoms. The smallest absolute Gasteiger partial charge is 0.250 e. The van der Waals surface area contributed by atoms with Crippen molar-refractivity contribution in [1.29, 1.82) is 0 Å². The van der Waals surface area contributed by atoms with Crippen molar-refractivity contribution in [2.24, 2.45) is 5.73 Å². The number of nitrogens with zero attached hydrogens (tertiary/aromatic N) is 1. The SMILES string of the molecule is CCOc1ccccc1OCCN[C@H](C)Cc1cc(C(N)=O)c2c(c1)cc(C)n2CCCO. The Bertz CT molecular complexity index is 1080. The van der Waals surface area contributed by atoms with Crippen LogP contribution in [0, 0.1) is 6.92 Å². The van der Waals surface area contributed by atoms with Crippen LogP contribution in [-0.2, 0) is 13.0 Å². The van der Waals surface area contributed by atoms with E-state index in [4.69, 9.17) is 15.2 Å². The number of nitrogens with two attached hydrogens (primary N) is 1. The zero-order chi connectivity index (χ0) is 23.8. The van der Waals surface area contributed by atoms with Crippen LogP contribution < -0.4 is 20.5 Å². The van der Waals surface area contributed by atoms with Gasteiger partial charge in [-0.1, -0.05) is 12.1 Å². The van der Waals surface area contributed by atoms with Crippen molar-refractivity contribution >= 4 is 16.8 Å². The Kier molecular flexibility index (Phi) is 8.74. The minimum absolute atomic E-state index is 0.104. The van der Waals surface area contributed by atoms with Crippen molar-refractivity contribution in [1.82, 2.24) is 9.88 Å². The maximum absolute atomic E-state index is 12.2. The van der Waals surface area contributed by atoms with Crippen molar-refractivity contribution in [3.05, 3.63) is 59.3 Å². The molecule has 0 saturated carbocycles. The van der Waals surface area contributed by atoms with Crippen molar-refractivity contribution in [3.63, 3.8) is 0 Å². The second-order valence-corrected chi connectivity index (χ2v) is 8.25. The van der Waals surface area contributed by atoms with Crippen molar-refractivity contribution < 1.29 is 19.4 Å². The number of aryl methyl sites for hydroxylation is 2. The van der Waals surface area contributed by atoms with Crippen LogP contribution in [0.15, 0.2) is 42.5 Å². The van der Waals surface area contributed by atoms with Gasteiger partial charge < -0.3 is 30.2 Å². The minimum Gasteiger partial charge on any atom is -0.490 e. The molecule has 2 aromatic carbocycles. The molecule has 4 N–H and O–H groups in total. The predicted octanol–water partition coefficient (Wildman–Crippen LogP) is 3.43. The summed E-state index contributed by atoms with van der Waals surface area (Å²) in [5, 5.41) is 13.7. The molecule has 3 rings (SSSR count). The molecule has 0 aliphatic heterocycles.